The van der Waals surface area contributed by atoms with Crippen LogP contribution in [0.1, 0.15) is 0 Å². The van der Waals surface area contributed by atoms with Crippen LogP contribution in [0.25, 0.3) is 15.5 Å². The van der Waals surface area contributed by atoms with Crippen LogP contribution in [0.2, 0.25) is 10.3 Å². The molecule has 0 atom stereocenters. The second-order valence-electron chi connectivity index (χ2n) is 3.49. The standard InChI is InChI=1S/C10H3Cl2FN4OS/c11-5-3-4(1-2-14-5)8-16-17-9(18)6(13)7(12)15-10(17)19-8/h1-3H. The Morgan fingerprint density at radius 1 is 1.37 bits per heavy atom. The van der Waals surface area contributed by atoms with Crippen LogP contribution >= 0.6 is 34.5 Å². The third-order valence-corrected chi connectivity index (χ3v) is 3.70. The third kappa shape index (κ3) is 2.09. The summed E-state index contributed by atoms with van der Waals surface area (Å²) in [6.07, 6.45) is 1.51. The Morgan fingerprint density at radius 3 is 2.89 bits per heavy atom. The number of hydrogen-bond donors (Lipinski definition) is 0. The number of nitrogens with zero attached hydrogens (tertiary/aromatic N) is 4. The van der Waals surface area contributed by atoms with E-state index in [0.29, 0.717) is 15.7 Å². The molecule has 3 heterocycles. The zero-order chi connectivity index (χ0) is 13.6. The van der Waals surface area contributed by atoms with Gasteiger partial charge in [-0.1, -0.05) is 34.5 Å². The Hall–Kier alpha value is -1.57. The molecule has 9 heteroatoms. The predicted octanol–water partition coefficient (Wildman–Crippen LogP) is 2.66. The lowest BCUT2D eigenvalue weighted by Crippen LogP contribution is -2.19. The van der Waals surface area contributed by atoms with E-state index in [1.54, 1.807) is 12.1 Å². The van der Waals surface area contributed by atoms with Crippen molar-refractivity contribution >= 4 is 39.5 Å². The summed E-state index contributed by atoms with van der Waals surface area (Å²) in [5, 5.41) is 4.30. The van der Waals surface area contributed by atoms with Crippen molar-refractivity contribution in [3.8, 4) is 10.6 Å². The van der Waals surface area contributed by atoms with Gasteiger partial charge in [0.05, 0.1) is 0 Å². The van der Waals surface area contributed by atoms with E-state index < -0.39 is 16.5 Å². The molecule has 0 N–H and O–H groups in total. The Kier molecular flexibility index (Phi) is 2.96. The van der Waals surface area contributed by atoms with Gasteiger partial charge in [0.2, 0.25) is 10.8 Å². The second-order valence-corrected chi connectivity index (χ2v) is 5.19. The molecule has 0 fully saturated rings. The number of pyridine rings is 1. The highest BCUT2D eigenvalue weighted by molar-refractivity contribution is 7.19. The van der Waals surface area contributed by atoms with E-state index in [4.69, 9.17) is 23.2 Å². The van der Waals surface area contributed by atoms with Crippen LogP contribution in [0.15, 0.2) is 23.1 Å². The fourth-order valence-corrected chi connectivity index (χ4v) is 2.72. The van der Waals surface area contributed by atoms with Gasteiger partial charge in [0.15, 0.2) is 5.15 Å². The molecule has 0 aliphatic rings. The minimum absolute atomic E-state index is 0.208. The van der Waals surface area contributed by atoms with Gasteiger partial charge in [0, 0.05) is 11.8 Å². The van der Waals surface area contributed by atoms with E-state index in [1.165, 1.54) is 6.20 Å². The summed E-state index contributed by atoms with van der Waals surface area (Å²) in [4.78, 5) is 19.4. The smallest absolute Gasteiger partial charge is 0.264 e. The minimum atomic E-state index is -1.12. The lowest BCUT2D eigenvalue weighted by molar-refractivity contribution is 0.592. The van der Waals surface area contributed by atoms with Crippen LogP contribution in [-0.2, 0) is 0 Å². The van der Waals surface area contributed by atoms with Gasteiger partial charge in [-0.2, -0.15) is 14.0 Å². The summed E-state index contributed by atoms with van der Waals surface area (Å²) >= 11 is 12.4. The van der Waals surface area contributed by atoms with Crippen molar-refractivity contribution in [3.63, 3.8) is 0 Å². The topological polar surface area (TPSA) is 60.2 Å². The van der Waals surface area contributed by atoms with E-state index in [0.717, 1.165) is 15.9 Å². The lowest BCUT2D eigenvalue weighted by atomic mass is 10.3. The van der Waals surface area contributed by atoms with E-state index in [1.807, 2.05) is 0 Å². The highest BCUT2D eigenvalue weighted by Gasteiger charge is 2.15. The maximum Gasteiger partial charge on any atom is 0.312 e. The molecule has 5 nitrogen and oxygen atoms in total. The number of halogens is 3. The molecular weight excluding hydrogens is 314 g/mol. The molecule has 19 heavy (non-hydrogen) atoms. The van der Waals surface area contributed by atoms with Gasteiger partial charge in [0.25, 0.3) is 0 Å². The van der Waals surface area contributed by atoms with Crippen LogP contribution in [0.4, 0.5) is 4.39 Å². The first-order valence-corrected chi connectivity index (χ1v) is 6.50. The molecule has 0 aromatic carbocycles. The molecule has 0 aliphatic carbocycles. The molecule has 0 aliphatic heterocycles. The molecular formula is C10H3Cl2FN4OS. The summed E-state index contributed by atoms with van der Waals surface area (Å²) in [5.41, 5.74) is -0.274. The first-order chi connectivity index (χ1) is 9.06. The fraction of sp³-hybridized carbons (Fsp3) is 0. The lowest BCUT2D eigenvalue weighted by Gasteiger charge is -1.94. The molecule has 0 saturated heterocycles. The zero-order valence-electron chi connectivity index (χ0n) is 8.97. The third-order valence-electron chi connectivity index (χ3n) is 2.29. The normalized spacial score (nSPS) is 11.1. The number of aromatic nitrogens is 4. The van der Waals surface area contributed by atoms with Gasteiger partial charge < -0.3 is 0 Å². The van der Waals surface area contributed by atoms with Crippen molar-refractivity contribution < 1.29 is 4.39 Å². The van der Waals surface area contributed by atoms with Gasteiger partial charge in [0.1, 0.15) is 10.2 Å². The Bertz CT molecular complexity index is 847. The average Bonchev–Trinajstić information content (AvgIpc) is 2.80. The van der Waals surface area contributed by atoms with Crippen LogP contribution in [0.3, 0.4) is 0 Å². The van der Waals surface area contributed by atoms with Crippen LogP contribution < -0.4 is 5.56 Å². The molecule has 0 saturated carbocycles. The fourth-order valence-electron chi connectivity index (χ4n) is 1.45. The van der Waals surface area contributed by atoms with Crippen LogP contribution in [-0.4, -0.2) is 19.6 Å². The van der Waals surface area contributed by atoms with Crippen LogP contribution in [0.5, 0.6) is 0 Å². The maximum absolute atomic E-state index is 13.3. The second kappa shape index (κ2) is 4.52. The van der Waals surface area contributed by atoms with Crippen molar-refractivity contribution in [2.24, 2.45) is 0 Å². The molecule has 0 amide bonds. The van der Waals surface area contributed by atoms with E-state index in [2.05, 4.69) is 15.1 Å². The molecule has 0 radical (unpaired) electrons. The number of fused-ring (bicyclic) bond motifs is 1. The summed E-state index contributed by atoms with van der Waals surface area (Å²) in [6.45, 7) is 0. The molecule has 0 bridgehead atoms. The quantitative estimate of drug-likeness (QED) is 0.511. The molecule has 0 spiro atoms. The summed E-state index contributed by atoms with van der Waals surface area (Å²) in [7, 11) is 0. The predicted molar refractivity (Wildman–Crippen MR) is 70.3 cm³/mol. The van der Waals surface area contributed by atoms with Gasteiger partial charge >= 0.3 is 5.56 Å². The van der Waals surface area contributed by atoms with Crippen molar-refractivity contribution in [1.29, 1.82) is 0 Å². The number of hydrogen-bond acceptors (Lipinski definition) is 5. The monoisotopic (exact) mass is 316 g/mol. The van der Waals surface area contributed by atoms with Crippen molar-refractivity contribution in [2.75, 3.05) is 0 Å². The van der Waals surface area contributed by atoms with E-state index >= 15 is 0 Å². The zero-order valence-corrected chi connectivity index (χ0v) is 11.3. The first-order valence-electron chi connectivity index (χ1n) is 4.93. The van der Waals surface area contributed by atoms with Gasteiger partial charge in [-0.15, -0.1) is 0 Å². The molecule has 96 valence electrons. The highest BCUT2D eigenvalue weighted by Crippen LogP contribution is 2.26. The van der Waals surface area contributed by atoms with E-state index in [-0.39, 0.29) is 4.96 Å². The van der Waals surface area contributed by atoms with Gasteiger partial charge in [-0.25, -0.2) is 9.97 Å². The molecule has 3 rings (SSSR count). The van der Waals surface area contributed by atoms with E-state index in [9.17, 15) is 9.18 Å². The van der Waals surface area contributed by atoms with Crippen molar-refractivity contribution in [2.45, 2.75) is 0 Å². The summed E-state index contributed by atoms with van der Waals surface area (Å²) < 4.78 is 14.2. The largest absolute Gasteiger partial charge is 0.312 e. The maximum atomic E-state index is 13.3. The minimum Gasteiger partial charge on any atom is -0.264 e. The molecule has 3 aromatic rings. The number of rotatable bonds is 1. The Labute approximate surface area is 119 Å². The SMILES string of the molecule is O=c1c(F)c(Cl)nc2sc(-c3ccnc(Cl)c3)nn12. The van der Waals surface area contributed by atoms with Crippen molar-refractivity contribution in [1.82, 2.24) is 19.6 Å². The summed E-state index contributed by atoms with van der Waals surface area (Å²) in [6, 6.07) is 3.26. The first kappa shape index (κ1) is 12.5. The average molecular weight is 317 g/mol. The highest BCUT2D eigenvalue weighted by atomic mass is 35.5. The Morgan fingerprint density at radius 2 is 2.16 bits per heavy atom. The van der Waals surface area contributed by atoms with Gasteiger partial charge in [-0.3, -0.25) is 4.79 Å². The summed E-state index contributed by atoms with van der Waals surface area (Å²) in [5.74, 6) is -1.12. The molecule has 0 unspecified atom stereocenters. The molecule has 3 aromatic heterocycles. The van der Waals surface area contributed by atoms with Crippen molar-refractivity contribution in [3.05, 3.63) is 44.8 Å². The Balaban J connectivity index is 2.28. The van der Waals surface area contributed by atoms with Crippen LogP contribution in [0, 0.1) is 5.82 Å². The van der Waals surface area contributed by atoms with Gasteiger partial charge in [-0.05, 0) is 12.1 Å².